The summed E-state index contributed by atoms with van der Waals surface area (Å²) < 4.78 is 6.98. The van der Waals surface area contributed by atoms with Crippen LogP contribution < -0.4 is 5.32 Å². The summed E-state index contributed by atoms with van der Waals surface area (Å²) in [6.07, 6.45) is 1.35. The van der Waals surface area contributed by atoms with Gasteiger partial charge in [0.2, 0.25) is 11.8 Å². The normalized spacial score (nSPS) is 12.9. The predicted molar refractivity (Wildman–Crippen MR) is 142 cm³/mol. The van der Waals surface area contributed by atoms with Crippen LogP contribution in [0.15, 0.2) is 30.3 Å². The number of benzene rings is 1. The number of hydrogen-bond acceptors (Lipinski definition) is 4. The lowest BCUT2D eigenvalue weighted by Crippen LogP contribution is -2.40. The minimum atomic E-state index is -0.256. The first-order valence-electron chi connectivity index (χ1n) is 12.4. The molecule has 2 amide bonds. The number of para-hydroxylation sites is 1. The second kappa shape index (κ2) is 11.8. The zero-order chi connectivity index (χ0) is 26.4. The van der Waals surface area contributed by atoms with Crippen molar-refractivity contribution in [3.63, 3.8) is 0 Å². The minimum absolute atomic E-state index is 0.0308. The number of methoxy groups -OCH3 is 1. The van der Waals surface area contributed by atoms with Crippen LogP contribution >= 0.6 is 0 Å². The number of carbonyl (C=O) groups is 2. The van der Waals surface area contributed by atoms with Gasteiger partial charge in [-0.2, -0.15) is 5.10 Å². The van der Waals surface area contributed by atoms with Gasteiger partial charge in [0.15, 0.2) is 0 Å². The SMILES string of the molecule is COCCN(CC(=O)Nc1cc(C(C)(C)C)nn1-c1ccccc1C)C(=O)CC(C)CC(C)(C)C. The molecule has 194 valence electrons. The molecule has 0 fully saturated rings. The maximum Gasteiger partial charge on any atom is 0.245 e. The number of aromatic nitrogens is 2. The Balaban J connectivity index is 2.23. The number of nitrogens with one attached hydrogen (secondary N) is 1. The van der Waals surface area contributed by atoms with Crippen molar-refractivity contribution in [3.8, 4) is 5.69 Å². The van der Waals surface area contributed by atoms with Gasteiger partial charge in [0.1, 0.15) is 5.82 Å². The van der Waals surface area contributed by atoms with Crippen LogP contribution in [0.2, 0.25) is 0 Å². The summed E-state index contributed by atoms with van der Waals surface area (Å²) in [7, 11) is 1.60. The van der Waals surface area contributed by atoms with E-state index in [1.165, 1.54) is 0 Å². The quantitative estimate of drug-likeness (QED) is 0.493. The molecule has 0 bridgehead atoms. The van der Waals surface area contributed by atoms with Gasteiger partial charge in [-0.1, -0.05) is 66.7 Å². The molecule has 1 N–H and O–H groups in total. The van der Waals surface area contributed by atoms with Crippen molar-refractivity contribution < 1.29 is 14.3 Å². The number of hydrogen-bond donors (Lipinski definition) is 1. The number of amides is 2. The van der Waals surface area contributed by atoms with Gasteiger partial charge in [0.05, 0.1) is 24.5 Å². The van der Waals surface area contributed by atoms with Gasteiger partial charge < -0.3 is 15.0 Å². The van der Waals surface area contributed by atoms with Crippen molar-refractivity contribution >= 4 is 17.6 Å². The number of rotatable bonds is 10. The van der Waals surface area contributed by atoms with Crippen LogP contribution in [-0.2, 0) is 19.7 Å². The highest BCUT2D eigenvalue weighted by Gasteiger charge is 2.25. The zero-order valence-electron chi connectivity index (χ0n) is 23.1. The summed E-state index contributed by atoms with van der Waals surface area (Å²) in [5.74, 6) is 0.534. The van der Waals surface area contributed by atoms with Crippen molar-refractivity contribution in [3.05, 3.63) is 41.6 Å². The molecule has 0 spiro atoms. The molecule has 0 saturated carbocycles. The van der Waals surface area contributed by atoms with Crippen LogP contribution in [0.4, 0.5) is 5.82 Å². The van der Waals surface area contributed by atoms with Crippen LogP contribution in [-0.4, -0.2) is 53.3 Å². The molecule has 7 heteroatoms. The van der Waals surface area contributed by atoms with Crippen LogP contribution in [0, 0.1) is 18.3 Å². The van der Waals surface area contributed by atoms with E-state index in [2.05, 4.69) is 53.8 Å². The largest absolute Gasteiger partial charge is 0.383 e. The molecule has 1 heterocycles. The van der Waals surface area contributed by atoms with Gasteiger partial charge in [-0.25, -0.2) is 4.68 Å². The molecule has 2 rings (SSSR count). The monoisotopic (exact) mass is 484 g/mol. The Kier molecular flexibility index (Phi) is 9.67. The Bertz CT molecular complexity index is 998. The molecule has 2 aromatic rings. The molecule has 1 atom stereocenters. The molecule has 0 radical (unpaired) electrons. The van der Waals surface area contributed by atoms with E-state index in [9.17, 15) is 9.59 Å². The van der Waals surface area contributed by atoms with E-state index in [0.29, 0.717) is 25.4 Å². The number of nitrogens with zero attached hydrogens (tertiary/aromatic N) is 3. The fourth-order valence-electron chi connectivity index (χ4n) is 4.22. The third kappa shape index (κ3) is 8.80. The number of carbonyl (C=O) groups excluding carboxylic acids is 2. The molecule has 0 saturated heterocycles. The second-order valence-electron chi connectivity index (χ2n) is 11.8. The fourth-order valence-corrected chi connectivity index (χ4v) is 4.22. The second-order valence-corrected chi connectivity index (χ2v) is 11.8. The molecule has 1 unspecified atom stereocenters. The Labute approximate surface area is 211 Å². The van der Waals surface area contributed by atoms with E-state index < -0.39 is 0 Å². The molecule has 1 aromatic heterocycles. The van der Waals surface area contributed by atoms with Gasteiger partial charge in [-0.05, 0) is 36.3 Å². The van der Waals surface area contributed by atoms with Crippen LogP contribution in [0.5, 0.6) is 0 Å². The smallest absolute Gasteiger partial charge is 0.245 e. The highest BCUT2D eigenvalue weighted by Crippen LogP contribution is 2.28. The molecule has 0 aliphatic carbocycles. The van der Waals surface area contributed by atoms with Gasteiger partial charge >= 0.3 is 0 Å². The first kappa shape index (κ1) is 28.6. The first-order valence-corrected chi connectivity index (χ1v) is 12.4. The zero-order valence-corrected chi connectivity index (χ0v) is 23.1. The van der Waals surface area contributed by atoms with Crippen LogP contribution in [0.1, 0.15) is 72.6 Å². The lowest BCUT2D eigenvalue weighted by atomic mass is 9.84. The highest BCUT2D eigenvalue weighted by molar-refractivity contribution is 5.94. The molecule has 7 nitrogen and oxygen atoms in total. The molecule has 35 heavy (non-hydrogen) atoms. The number of ether oxygens (including phenoxy) is 1. The maximum absolute atomic E-state index is 13.1. The highest BCUT2D eigenvalue weighted by atomic mass is 16.5. The van der Waals surface area contributed by atoms with Gasteiger partial charge in [0, 0.05) is 31.6 Å². The molecular weight excluding hydrogens is 440 g/mol. The van der Waals surface area contributed by atoms with Gasteiger partial charge in [0.25, 0.3) is 0 Å². The fraction of sp³-hybridized carbons (Fsp3) is 0.607. The average Bonchev–Trinajstić information content (AvgIpc) is 3.13. The topological polar surface area (TPSA) is 76.5 Å². The van der Waals surface area contributed by atoms with Crippen LogP contribution in [0.25, 0.3) is 5.69 Å². The molecule has 0 aliphatic heterocycles. The summed E-state index contributed by atoms with van der Waals surface area (Å²) in [5.41, 5.74) is 2.79. The van der Waals surface area contributed by atoms with E-state index in [-0.39, 0.29) is 35.1 Å². The van der Waals surface area contributed by atoms with Gasteiger partial charge in [-0.15, -0.1) is 0 Å². The third-order valence-corrected chi connectivity index (χ3v) is 5.83. The summed E-state index contributed by atoms with van der Waals surface area (Å²) >= 11 is 0. The third-order valence-electron chi connectivity index (χ3n) is 5.83. The van der Waals surface area contributed by atoms with Crippen molar-refractivity contribution in [2.75, 3.05) is 32.1 Å². The van der Waals surface area contributed by atoms with Crippen molar-refractivity contribution in [1.29, 1.82) is 0 Å². The minimum Gasteiger partial charge on any atom is -0.383 e. The summed E-state index contributed by atoms with van der Waals surface area (Å²) in [6.45, 7) is 17.6. The first-order chi connectivity index (χ1) is 16.2. The summed E-state index contributed by atoms with van der Waals surface area (Å²) in [5, 5.41) is 7.81. The van der Waals surface area contributed by atoms with E-state index >= 15 is 0 Å². The molecule has 0 aliphatic rings. The van der Waals surface area contributed by atoms with Crippen molar-refractivity contribution in [1.82, 2.24) is 14.7 Å². The van der Waals surface area contributed by atoms with E-state index in [0.717, 1.165) is 23.4 Å². The van der Waals surface area contributed by atoms with E-state index in [1.807, 2.05) is 37.3 Å². The predicted octanol–water partition coefficient (Wildman–Crippen LogP) is 5.35. The maximum atomic E-state index is 13.1. The Morgan fingerprint density at radius 2 is 1.80 bits per heavy atom. The molecule has 1 aromatic carbocycles. The van der Waals surface area contributed by atoms with Gasteiger partial charge in [-0.3, -0.25) is 9.59 Å². The summed E-state index contributed by atoms with van der Waals surface area (Å²) in [6, 6.07) is 9.84. The summed E-state index contributed by atoms with van der Waals surface area (Å²) in [4.78, 5) is 27.8. The lowest BCUT2D eigenvalue weighted by molar-refractivity contribution is -0.136. The van der Waals surface area contributed by atoms with E-state index in [4.69, 9.17) is 9.84 Å². The van der Waals surface area contributed by atoms with Crippen LogP contribution in [0.3, 0.4) is 0 Å². The number of anilines is 1. The Morgan fingerprint density at radius 3 is 2.37 bits per heavy atom. The lowest BCUT2D eigenvalue weighted by Gasteiger charge is -2.26. The van der Waals surface area contributed by atoms with Crippen molar-refractivity contribution in [2.24, 2.45) is 11.3 Å². The van der Waals surface area contributed by atoms with E-state index in [1.54, 1.807) is 16.7 Å². The average molecular weight is 485 g/mol. The van der Waals surface area contributed by atoms with Crippen molar-refractivity contribution in [2.45, 2.75) is 73.6 Å². The standard InChI is InChI=1S/C28H44N4O3/c1-20(18-27(3,4)5)16-26(34)31(14-15-35-9)19-25(33)29-24-17-23(28(6,7)8)30-32(24)22-13-11-10-12-21(22)2/h10-13,17,20H,14-16,18-19H2,1-9H3,(H,29,33). The number of aryl methyl sites for hydroxylation is 1. The Hall–Kier alpha value is -2.67. The molecular formula is C28H44N4O3. The Morgan fingerprint density at radius 1 is 1.14 bits per heavy atom.